The highest BCUT2D eigenvalue weighted by atomic mass is 19.4. The van der Waals surface area contributed by atoms with Gasteiger partial charge in [0.15, 0.2) is 0 Å². The number of aliphatic hydroxyl groups excluding tert-OH is 1. The minimum atomic E-state index is -4.76. The van der Waals surface area contributed by atoms with Gasteiger partial charge in [-0.25, -0.2) is 4.79 Å². The number of rotatable bonds is 8. The highest BCUT2D eigenvalue weighted by Gasteiger charge is 2.30. The summed E-state index contributed by atoms with van der Waals surface area (Å²) in [4.78, 5) is 11.6. The first-order chi connectivity index (χ1) is 11.2. The van der Waals surface area contributed by atoms with E-state index in [9.17, 15) is 23.1 Å². The van der Waals surface area contributed by atoms with Gasteiger partial charge in [-0.05, 0) is 30.2 Å². The Hall–Kier alpha value is -2.00. The smallest absolute Gasteiger partial charge is 0.406 e. The number of urea groups is 1. The van der Waals surface area contributed by atoms with Gasteiger partial charge in [0.2, 0.25) is 0 Å². The predicted molar refractivity (Wildman–Crippen MR) is 81.8 cm³/mol. The molecule has 6 nitrogen and oxygen atoms in total. The van der Waals surface area contributed by atoms with Crippen molar-refractivity contribution in [3.05, 3.63) is 24.3 Å². The second-order valence-electron chi connectivity index (χ2n) is 5.49. The lowest BCUT2D eigenvalue weighted by Crippen LogP contribution is -2.37. The van der Waals surface area contributed by atoms with Gasteiger partial charge in [0, 0.05) is 18.8 Å². The van der Waals surface area contributed by atoms with Gasteiger partial charge in [-0.3, -0.25) is 0 Å². The minimum Gasteiger partial charge on any atom is -0.406 e. The second-order valence-corrected chi connectivity index (χ2v) is 5.49. The fourth-order valence-electron chi connectivity index (χ4n) is 1.62. The lowest BCUT2D eigenvalue weighted by molar-refractivity contribution is -0.274. The number of hydrogen-bond acceptors (Lipinski definition) is 4. The van der Waals surface area contributed by atoms with Gasteiger partial charge in [0.1, 0.15) is 5.75 Å². The molecule has 1 rings (SSSR count). The molecule has 0 aromatic heterocycles. The first-order valence-corrected chi connectivity index (χ1v) is 7.32. The van der Waals surface area contributed by atoms with Gasteiger partial charge in [0.25, 0.3) is 0 Å². The van der Waals surface area contributed by atoms with E-state index >= 15 is 0 Å². The number of ether oxygens (including phenoxy) is 2. The van der Waals surface area contributed by atoms with Crippen LogP contribution in [0.25, 0.3) is 0 Å². The molecule has 0 aliphatic heterocycles. The summed E-state index contributed by atoms with van der Waals surface area (Å²) in [6.07, 6.45) is -5.61. The number of nitrogens with one attached hydrogen (secondary N) is 2. The molecule has 1 unspecified atom stereocenters. The van der Waals surface area contributed by atoms with Crippen molar-refractivity contribution in [2.45, 2.75) is 26.3 Å². The van der Waals surface area contributed by atoms with Gasteiger partial charge in [-0.2, -0.15) is 0 Å². The van der Waals surface area contributed by atoms with E-state index in [0.717, 1.165) is 12.1 Å². The van der Waals surface area contributed by atoms with Crippen molar-refractivity contribution < 1.29 is 32.5 Å². The lowest BCUT2D eigenvalue weighted by Gasteiger charge is -2.14. The predicted octanol–water partition coefficient (Wildman–Crippen LogP) is 2.74. The van der Waals surface area contributed by atoms with Crippen molar-refractivity contribution in [2.24, 2.45) is 5.92 Å². The fourth-order valence-corrected chi connectivity index (χ4v) is 1.62. The zero-order valence-corrected chi connectivity index (χ0v) is 13.4. The molecule has 0 aliphatic carbocycles. The number of benzene rings is 1. The highest BCUT2D eigenvalue weighted by Crippen LogP contribution is 2.23. The van der Waals surface area contributed by atoms with E-state index in [1.165, 1.54) is 12.1 Å². The summed E-state index contributed by atoms with van der Waals surface area (Å²) in [5.74, 6) is -0.0380. The summed E-state index contributed by atoms with van der Waals surface area (Å²) in [7, 11) is 0. The summed E-state index contributed by atoms with van der Waals surface area (Å²) in [5, 5.41) is 14.5. The van der Waals surface area contributed by atoms with Crippen LogP contribution in [0, 0.1) is 5.92 Å². The van der Waals surface area contributed by atoms with Gasteiger partial charge >= 0.3 is 12.4 Å². The van der Waals surface area contributed by atoms with Crippen LogP contribution < -0.4 is 15.4 Å². The first-order valence-electron chi connectivity index (χ1n) is 7.32. The largest absolute Gasteiger partial charge is 0.573 e. The highest BCUT2D eigenvalue weighted by molar-refractivity contribution is 5.89. The van der Waals surface area contributed by atoms with Gasteiger partial charge in [0.05, 0.1) is 12.7 Å². The van der Waals surface area contributed by atoms with Crippen molar-refractivity contribution in [2.75, 3.05) is 25.1 Å². The second kappa shape index (κ2) is 9.33. The number of amides is 2. The topological polar surface area (TPSA) is 79.8 Å². The third-order valence-corrected chi connectivity index (χ3v) is 2.61. The maximum Gasteiger partial charge on any atom is 0.573 e. The quantitative estimate of drug-likeness (QED) is 0.674. The van der Waals surface area contributed by atoms with Gasteiger partial charge in [-0.1, -0.05) is 13.8 Å². The van der Waals surface area contributed by atoms with E-state index in [4.69, 9.17) is 4.74 Å². The first kappa shape index (κ1) is 20.0. The van der Waals surface area contributed by atoms with Crippen LogP contribution >= 0.6 is 0 Å². The van der Waals surface area contributed by atoms with Crippen molar-refractivity contribution in [1.29, 1.82) is 0 Å². The molecule has 0 saturated carbocycles. The van der Waals surface area contributed by atoms with Crippen LogP contribution in [-0.2, 0) is 4.74 Å². The molecule has 2 amide bonds. The maximum absolute atomic E-state index is 12.0. The van der Waals surface area contributed by atoms with Crippen LogP contribution in [0.4, 0.5) is 23.7 Å². The SMILES string of the molecule is CC(C)COCC(O)CNC(=O)Nc1ccc(OC(F)(F)F)cc1. The molecule has 9 heteroatoms. The average Bonchev–Trinajstić information content (AvgIpc) is 2.45. The Morgan fingerprint density at radius 3 is 2.38 bits per heavy atom. The Balaban J connectivity index is 2.32. The van der Waals surface area contributed by atoms with Crippen molar-refractivity contribution in [3.63, 3.8) is 0 Å². The molecular formula is C15H21F3N2O4. The summed E-state index contributed by atoms with van der Waals surface area (Å²) >= 11 is 0. The standard InChI is InChI=1S/C15H21F3N2O4/c1-10(2)8-23-9-12(21)7-19-14(22)20-11-3-5-13(6-4-11)24-15(16,17)18/h3-6,10,12,21H,7-9H2,1-2H3,(H2,19,20,22). The van der Waals surface area contributed by atoms with Crippen LogP contribution in [0.3, 0.4) is 0 Å². The van der Waals surface area contributed by atoms with E-state index < -0.39 is 18.5 Å². The Bertz CT molecular complexity index is 506. The molecule has 0 saturated heterocycles. The minimum absolute atomic E-state index is 0.0147. The molecule has 24 heavy (non-hydrogen) atoms. The summed E-state index contributed by atoms with van der Waals surface area (Å²) < 4.78 is 45.0. The van der Waals surface area contributed by atoms with E-state index in [1.807, 2.05) is 13.8 Å². The number of hydrogen-bond donors (Lipinski definition) is 3. The Morgan fingerprint density at radius 2 is 1.83 bits per heavy atom. The van der Waals surface area contributed by atoms with Crippen molar-refractivity contribution in [1.82, 2.24) is 5.32 Å². The van der Waals surface area contributed by atoms with Gasteiger partial charge < -0.3 is 25.2 Å². The molecule has 0 aliphatic rings. The molecule has 1 atom stereocenters. The summed E-state index contributed by atoms with van der Waals surface area (Å²) in [6.45, 7) is 4.54. The molecule has 1 aromatic carbocycles. The number of carbonyl (C=O) groups excluding carboxylic acids is 1. The maximum atomic E-state index is 12.0. The Labute approximate surface area is 137 Å². The molecule has 136 valence electrons. The van der Waals surface area contributed by atoms with Gasteiger partial charge in [-0.15, -0.1) is 13.2 Å². The third-order valence-electron chi connectivity index (χ3n) is 2.61. The van der Waals surface area contributed by atoms with E-state index in [1.54, 1.807) is 0 Å². The zero-order chi connectivity index (χ0) is 18.2. The summed E-state index contributed by atoms with van der Waals surface area (Å²) in [5.41, 5.74) is 0.285. The molecule has 0 bridgehead atoms. The Kier molecular flexibility index (Phi) is 7.80. The Morgan fingerprint density at radius 1 is 1.21 bits per heavy atom. The monoisotopic (exact) mass is 350 g/mol. The molecule has 0 radical (unpaired) electrons. The normalized spacial score (nSPS) is 12.8. The third kappa shape index (κ3) is 9.21. The fraction of sp³-hybridized carbons (Fsp3) is 0.533. The van der Waals surface area contributed by atoms with E-state index in [0.29, 0.717) is 12.5 Å². The van der Waals surface area contributed by atoms with Crippen LogP contribution in [0.5, 0.6) is 5.75 Å². The van der Waals surface area contributed by atoms with E-state index in [2.05, 4.69) is 15.4 Å². The molecule has 0 spiro atoms. The van der Waals surface area contributed by atoms with Crippen molar-refractivity contribution >= 4 is 11.7 Å². The lowest BCUT2D eigenvalue weighted by atomic mass is 10.2. The summed E-state index contributed by atoms with van der Waals surface area (Å²) in [6, 6.07) is 4.10. The van der Waals surface area contributed by atoms with Crippen molar-refractivity contribution in [3.8, 4) is 5.75 Å². The molecular weight excluding hydrogens is 329 g/mol. The van der Waals surface area contributed by atoms with Crippen LogP contribution in [0.15, 0.2) is 24.3 Å². The average molecular weight is 350 g/mol. The van der Waals surface area contributed by atoms with Crippen LogP contribution in [0.2, 0.25) is 0 Å². The number of carbonyl (C=O) groups is 1. The number of alkyl halides is 3. The van der Waals surface area contributed by atoms with E-state index in [-0.39, 0.29) is 24.6 Å². The molecule has 3 N–H and O–H groups in total. The molecule has 1 aromatic rings. The van der Waals surface area contributed by atoms with Crippen LogP contribution in [0.1, 0.15) is 13.8 Å². The number of aliphatic hydroxyl groups is 1. The van der Waals surface area contributed by atoms with Crippen LogP contribution in [-0.4, -0.2) is 43.4 Å². The number of anilines is 1. The molecule has 0 heterocycles. The molecule has 0 fully saturated rings. The zero-order valence-electron chi connectivity index (χ0n) is 13.4. The number of halogens is 3.